The van der Waals surface area contributed by atoms with Crippen molar-refractivity contribution in [3.63, 3.8) is 0 Å². The molecule has 30 heavy (non-hydrogen) atoms. The molecule has 1 aromatic carbocycles. The van der Waals surface area contributed by atoms with Crippen LogP contribution in [0.15, 0.2) is 24.3 Å². The number of H-pyrrole nitrogens is 1. The van der Waals surface area contributed by atoms with E-state index in [2.05, 4.69) is 20.9 Å². The van der Waals surface area contributed by atoms with E-state index >= 15 is 0 Å². The molecule has 2 atom stereocenters. The Morgan fingerprint density at radius 1 is 1.17 bits per heavy atom. The van der Waals surface area contributed by atoms with Crippen molar-refractivity contribution in [2.75, 3.05) is 11.9 Å². The number of hydrogen-bond acceptors (Lipinski definition) is 5. The lowest BCUT2D eigenvalue weighted by molar-refractivity contribution is -0.120. The van der Waals surface area contributed by atoms with Gasteiger partial charge >= 0.3 is 0 Å². The second kappa shape index (κ2) is 7.12. The molecule has 8 nitrogen and oxygen atoms in total. The molecule has 2 amide bonds. The minimum Gasteiger partial charge on any atom is -0.364 e. The predicted molar refractivity (Wildman–Crippen MR) is 114 cm³/mol. The average molecular weight is 404 g/mol. The molecule has 0 radical (unpaired) electrons. The molecule has 5 rings (SSSR count). The summed E-state index contributed by atoms with van der Waals surface area (Å²) in [4.78, 5) is 36.6. The Labute approximate surface area is 173 Å². The van der Waals surface area contributed by atoms with Crippen LogP contribution in [0.4, 0.5) is 5.82 Å². The molecule has 0 saturated heterocycles. The van der Waals surface area contributed by atoms with E-state index in [4.69, 9.17) is 9.97 Å². The number of carbonyl (C=O) groups is 2. The zero-order chi connectivity index (χ0) is 20.8. The largest absolute Gasteiger partial charge is 0.364 e. The number of hydrogen-bond donors (Lipinski definition) is 4. The number of aromatic nitrogens is 3. The van der Waals surface area contributed by atoms with Crippen LogP contribution in [0.3, 0.4) is 0 Å². The van der Waals surface area contributed by atoms with Crippen LogP contribution in [0.25, 0.3) is 22.3 Å². The standard InChI is InChI=1S/C22H24N6O2/c1-11-21(27-17-7-6-16(17)25-12(2)29)28-20-13(4-3-5-18(20)24-11)19-10-14-15(26-19)8-9-23-22(14)30/h3-5,10,16-17,26H,6-9H2,1-2H3,(H,23,30)(H,25,29)(H,27,28). The van der Waals surface area contributed by atoms with Crippen molar-refractivity contribution in [2.45, 2.75) is 45.2 Å². The van der Waals surface area contributed by atoms with Gasteiger partial charge in [0.05, 0.1) is 16.8 Å². The first-order chi connectivity index (χ1) is 14.5. The second-order valence-corrected chi connectivity index (χ2v) is 8.05. The number of aromatic amines is 1. The topological polar surface area (TPSA) is 112 Å². The van der Waals surface area contributed by atoms with Crippen LogP contribution in [0.2, 0.25) is 0 Å². The summed E-state index contributed by atoms with van der Waals surface area (Å²) in [6.45, 7) is 4.12. The van der Waals surface area contributed by atoms with Crippen molar-refractivity contribution in [3.05, 3.63) is 41.2 Å². The molecule has 1 fully saturated rings. The van der Waals surface area contributed by atoms with Gasteiger partial charge in [-0.05, 0) is 31.9 Å². The number of carbonyl (C=O) groups excluding carboxylic acids is 2. The molecule has 154 valence electrons. The molecule has 1 saturated carbocycles. The lowest BCUT2D eigenvalue weighted by atomic mass is 9.86. The van der Waals surface area contributed by atoms with Crippen molar-refractivity contribution < 1.29 is 9.59 Å². The van der Waals surface area contributed by atoms with Crippen LogP contribution in [-0.4, -0.2) is 45.4 Å². The normalized spacial score (nSPS) is 20.3. The van der Waals surface area contributed by atoms with E-state index < -0.39 is 0 Å². The van der Waals surface area contributed by atoms with Crippen LogP contribution in [0.5, 0.6) is 0 Å². The van der Waals surface area contributed by atoms with Crippen LogP contribution in [0, 0.1) is 6.92 Å². The maximum absolute atomic E-state index is 12.2. The molecule has 0 bridgehead atoms. The highest BCUT2D eigenvalue weighted by molar-refractivity contribution is 5.99. The summed E-state index contributed by atoms with van der Waals surface area (Å²) < 4.78 is 0. The first-order valence-corrected chi connectivity index (χ1v) is 10.3. The van der Waals surface area contributed by atoms with Gasteiger partial charge in [-0.2, -0.15) is 0 Å². The van der Waals surface area contributed by atoms with E-state index in [1.807, 2.05) is 31.2 Å². The highest BCUT2D eigenvalue weighted by Gasteiger charge is 2.32. The molecule has 2 aliphatic rings. The minimum atomic E-state index is -0.0442. The molecule has 4 N–H and O–H groups in total. The number of aryl methyl sites for hydroxylation is 1. The molecule has 2 aromatic heterocycles. The molecule has 2 unspecified atom stereocenters. The molecular formula is C22H24N6O2. The van der Waals surface area contributed by atoms with E-state index in [1.54, 1.807) is 6.92 Å². The highest BCUT2D eigenvalue weighted by Crippen LogP contribution is 2.31. The van der Waals surface area contributed by atoms with E-state index in [-0.39, 0.29) is 23.9 Å². The summed E-state index contributed by atoms with van der Waals surface area (Å²) >= 11 is 0. The number of para-hydroxylation sites is 1. The third-order valence-electron chi connectivity index (χ3n) is 5.95. The van der Waals surface area contributed by atoms with Crippen molar-refractivity contribution in [3.8, 4) is 11.3 Å². The molecular weight excluding hydrogens is 380 g/mol. The summed E-state index contributed by atoms with van der Waals surface area (Å²) in [5, 5.41) is 9.33. The lowest BCUT2D eigenvalue weighted by Crippen LogP contribution is -2.53. The number of amides is 2. The number of anilines is 1. The Kier molecular flexibility index (Phi) is 4.42. The number of nitrogens with zero attached hydrogens (tertiary/aromatic N) is 2. The Morgan fingerprint density at radius 2 is 2.00 bits per heavy atom. The van der Waals surface area contributed by atoms with Gasteiger partial charge in [-0.3, -0.25) is 9.59 Å². The first-order valence-electron chi connectivity index (χ1n) is 10.3. The molecule has 8 heteroatoms. The van der Waals surface area contributed by atoms with Crippen molar-refractivity contribution in [2.24, 2.45) is 0 Å². The number of rotatable bonds is 4. The van der Waals surface area contributed by atoms with Gasteiger partial charge in [0.2, 0.25) is 5.91 Å². The number of benzene rings is 1. The van der Waals surface area contributed by atoms with Gasteiger partial charge in [0.25, 0.3) is 5.91 Å². The van der Waals surface area contributed by atoms with E-state index in [0.717, 1.165) is 58.8 Å². The van der Waals surface area contributed by atoms with Gasteiger partial charge in [0, 0.05) is 48.9 Å². The Morgan fingerprint density at radius 3 is 2.73 bits per heavy atom. The monoisotopic (exact) mass is 404 g/mol. The van der Waals surface area contributed by atoms with Crippen molar-refractivity contribution in [1.82, 2.24) is 25.6 Å². The summed E-state index contributed by atoms with van der Waals surface area (Å²) in [7, 11) is 0. The molecule has 1 aliphatic carbocycles. The van der Waals surface area contributed by atoms with Gasteiger partial charge in [-0.1, -0.05) is 12.1 Å². The smallest absolute Gasteiger partial charge is 0.253 e. The van der Waals surface area contributed by atoms with Crippen molar-refractivity contribution >= 4 is 28.7 Å². The van der Waals surface area contributed by atoms with Gasteiger partial charge in [-0.15, -0.1) is 0 Å². The van der Waals surface area contributed by atoms with Crippen LogP contribution in [0.1, 0.15) is 41.5 Å². The quantitative estimate of drug-likeness (QED) is 0.533. The van der Waals surface area contributed by atoms with Crippen LogP contribution >= 0.6 is 0 Å². The maximum Gasteiger partial charge on any atom is 0.253 e. The summed E-state index contributed by atoms with van der Waals surface area (Å²) in [6, 6.07) is 8.05. The van der Waals surface area contributed by atoms with Gasteiger partial charge in [0.1, 0.15) is 11.3 Å². The third kappa shape index (κ3) is 3.18. The Hall–Kier alpha value is -3.42. The molecule has 3 heterocycles. The van der Waals surface area contributed by atoms with Crippen LogP contribution < -0.4 is 16.0 Å². The number of nitrogens with one attached hydrogen (secondary N) is 4. The zero-order valence-electron chi connectivity index (χ0n) is 17.0. The predicted octanol–water partition coefficient (Wildman–Crippen LogP) is 2.30. The lowest BCUT2D eigenvalue weighted by Gasteiger charge is -2.37. The fourth-order valence-electron chi connectivity index (χ4n) is 4.24. The van der Waals surface area contributed by atoms with Gasteiger partial charge in [0.15, 0.2) is 0 Å². The van der Waals surface area contributed by atoms with Crippen LogP contribution in [-0.2, 0) is 11.2 Å². The SMILES string of the molecule is CC(=O)NC1CCC1Nc1nc2c(-c3cc4c([nH]3)CCNC4=O)cccc2nc1C. The summed E-state index contributed by atoms with van der Waals surface area (Å²) in [5.74, 6) is 0.663. The Bertz CT molecular complexity index is 1170. The average Bonchev–Trinajstić information content (AvgIpc) is 3.14. The minimum absolute atomic E-state index is 0.0187. The molecule has 3 aromatic rings. The summed E-state index contributed by atoms with van der Waals surface area (Å²) in [5.41, 5.74) is 5.83. The second-order valence-electron chi connectivity index (χ2n) is 8.05. The number of fused-ring (bicyclic) bond motifs is 2. The van der Waals surface area contributed by atoms with E-state index in [9.17, 15) is 9.59 Å². The fraction of sp³-hybridized carbons (Fsp3) is 0.364. The molecule has 1 aliphatic heterocycles. The maximum atomic E-state index is 12.2. The van der Waals surface area contributed by atoms with Crippen molar-refractivity contribution in [1.29, 1.82) is 0 Å². The first kappa shape index (κ1) is 18.6. The Balaban J connectivity index is 1.52. The van der Waals surface area contributed by atoms with Gasteiger partial charge < -0.3 is 20.9 Å². The summed E-state index contributed by atoms with van der Waals surface area (Å²) in [6.07, 6.45) is 2.72. The van der Waals surface area contributed by atoms with E-state index in [0.29, 0.717) is 12.1 Å². The highest BCUT2D eigenvalue weighted by atomic mass is 16.2. The van der Waals surface area contributed by atoms with Gasteiger partial charge in [-0.25, -0.2) is 9.97 Å². The fourth-order valence-corrected chi connectivity index (χ4v) is 4.24. The van der Waals surface area contributed by atoms with E-state index in [1.165, 1.54) is 0 Å². The third-order valence-corrected chi connectivity index (χ3v) is 5.95. The zero-order valence-corrected chi connectivity index (χ0v) is 17.0. The molecule has 0 spiro atoms.